The molecule has 1 aliphatic rings. The highest BCUT2D eigenvalue weighted by molar-refractivity contribution is 5.89. The van der Waals surface area contributed by atoms with Crippen LogP contribution in [0.3, 0.4) is 0 Å². The van der Waals surface area contributed by atoms with Crippen LogP contribution in [0.4, 0.5) is 0 Å². The first-order valence-electron chi connectivity index (χ1n) is 9.94. The number of H-pyrrole nitrogens is 1. The molecule has 1 fully saturated rings. The van der Waals surface area contributed by atoms with Crippen LogP contribution in [-0.2, 0) is 0 Å². The average molecular weight is 385 g/mol. The van der Waals surface area contributed by atoms with Crippen molar-refractivity contribution in [2.45, 2.75) is 19.4 Å². The second-order valence-electron chi connectivity index (χ2n) is 7.77. The lowest BCUT2D eigenvalue weighted by atomic mass is 9.88. The third-order valence-corrected chi connectivity index (χ3v) is 6.04. The fourth-order valence-electron chi connectivity index (χ4n) is 4.65. The van der Waals surface area contributed by atoms with E-state index in [9.17, 15) is 5.26 Å². The van der Waals surface area contributed by atoms with Crippen LogP contribution in [0.1, 0.15) is 29.2 Å². The Morgan fingerprint density at radius 3 is 2.97 bits per heavy atom. The van der Waals surface area contributed by atoms with Crippen LogP contribution in [-0.4, -0.2) is 35.0 Å². The third-order valence-electron chi connectivity index (χ3n) is 6.04. The van der Waals surface area contributed by atoms with Crippen molar-refractivity contribution in [1.29, 1.82) is 5.26 Å². The van der Waals surface area contributed by atoms with Crippen LogP contribution in [0.2, 0.25) is 0 Å². The van der Waals surface area contributed by atoms with Crippen molar-refractivity contribution < 1.29 is 4.74 Å². The quantitative estimate of drug-likeness (QED) is 0.558. The third kappa shape index (κ3) is 2.86. The lowest BCUT2D eigenvalue weighted by molar-refractivity contribution is 0.353. The number of benzene rings is 2. The molecule has 1 aliphatic heterocycles. The molecule has 0 spiro atoms. The molecule has 0 saturated carbocycles. The number of ether oxygens (including phenoxy) is 1. The maximum absolute atomic E-state index is 9.24. The van der Waals surface area contributed by atoms with Crippen LogP contribution in [0.5, 0.6) is 5.75 Å². The van der Waals surface area contributed by atoms with Crippen molar-refractivity contribution >= 4 is 21.8 Å². The first-order chi connectivity index (χ1) is 14.2. The molecule has 0 bridgehead atoms. The number of nitriles is 1. The zero-order chi connectivity index (χ0) is 20.0. The molecule has 5 rings (SSSR count). The summed E-state index contributed by atoms with van der Waals surface area (Å²) in [5.74, 6) is 1.29. The maximum Gasteiger partial charge on any atom is 0.125 e. The lowest BCUT2D eigenvalue weighted by Crippen LogP contribution is -2.24. The number of methoxy groups -OCH3 is 1. The Morgan fingerprint density at radius 1 is 1.31 bits per heavy atom. The van der Waals surface area contributed by atoms with Crippen molar-refractivity contribution in [3.05, 3.63) is 59.4 Å². The highest BCUT2D eigenvalue weighted by atomic mass is 16.5. The van der Waals surface area contributed by atoms with Gasteiger partial charge in [-0.25, -0.2) is 0 Å². The first-order valence-corrected chi connectivity index (χ1v) is 9.94. The molecule has 2 atom stereocenters. The van der Waals surface area contributed by atoms with Gasteiger partial charge in [0.25, 0.3) is 0 Å². The van der Waals surface area contributed by atoms with Gasteiger partial charge in [-0.2, -0.15) is 10.4 Å². The van der Waals surface area contributed by atoms with Gasteiger partial charge in [-0.15, -0.1) is 0 Å². The van der Waals surface area contributed by atoms with Crippen LogP contribution in [0.15, 0.2) is 42.7 Å². The Hall–Kier alpha value is -3.30. The monoisotopic (exact) mass is 385 g/mol. The van der Waals surface area contributed by atoms with Gasteiger partial charge >= 0.3 is 0 Å². The number of nitrogens with zero attached hydrogens (tertiary/aromatic N) is 3. The maximum atomic E-state index is 9.24. The summed E-state index contributed by atoms with van der Waals surface area (Å²) in [6, 6.07) is 12.2. The average Bonchev–Trinajstić information content (AvgIpc) is 3.49. The summed E-state index contributed by atoms with van der Waals surface area (Å²) in [5, 5.41) is 19.9. The molecule has 146 valence electrons. The van der Waals surface area contributed by atoms with E-state index in [1.165, 1.54) is 5.39 Å². The van der Waals surface area contributed by atoms with E-state index in [1.54, 1.807) is 7.11 Å². The molecule has 3 heterocycles. The number of aromatic nitrogens is 3. The summed E-state index contributed by atoms with van der Waals surface area (Å²) >= 11 is 0. The van der Waals surface area contributed by atoms with E-state index < -0.39 is 0 Å². The van der Waals surface area contributed by atoms with Gasteiger partial charge in [0.05, 0.1) is 30.3 Å². The van der Waals surface area contributed by atoms with Crippen molar-refractivity contribution in [2.75, 3.05) is 20.2 Å². The predicted molar refractivity (Wildman–Crippen MR) is 113 cm³/mol. The van der Waals surface area contributed by atoms with E-state index in [1.807, 2.05) is 24.4 Å². The molecule has 0 amide bonds. The summed E-state index contributed by atoms with van der Waals surface area (Å²) in [5.41, 5.74) is 4.94. The SMILES string of the molecule is COc1cc(C)c2[nH]ccc2c1C(C1CCNC1)n1cc2ccc(C#N)cc2n1. The topological polar surface area (TPSA) is 78.7 Å². The smallest absolute Gasteiger partial charge is 0.125 e. The number of hydrogen-bond donors (Lipinski definition) is 2. The molecule has 6 nitrogen and oxygen atoms in total. The molecular formula is C23H23N5O. The summed E-state index contributed by atoms with van der Waals surface area (Å²) in [6.07, 6.45) is 5.16. The lowest BCUT2D eigenvalue weighted by Gasteiger charge is -2.27. The van der Waals surface area contributed by atoms with Gasteiger partial charge in [0.15, 0.2) is 0 Å². The number of aryl methyl sites for hydroxylation is 1. The summed E-state index contributed by atoms with van der Waals surface area (Å²) in [7, 11) is 1.74. The normalized spacial score (nSPS) is 17.6. The van der Waals surface area contributed by atoms with E-state index in [0.717, 1.165) is 52.8 Å². The summed E-state index contributed by atoms with van der Waals surface area (Å²) in [6.45, 7) is 4.04. The van der Waals surface area contributed by atoms with E-state index in [2.05, 4.69) is 46.3 Å². The van der Waals surface area contributed by atoms with Crippen LogP contribution in [0.25, 0.3) is 21.8 Å². The van der Waals surface area contributed by atoms with Crippen molar-refractivity contribution in [1.82, 2.24) is 20.1 Å². The molecule has 4 aromatic rings. The van der Waals surface area contributed by atoms with E-state index in [-0.39, 0.29) is 6.04 Å². The zero-order valence-corrected chi connectivity index (χ0v) is 16.6. The number of rotatable bonds is 4. The van der Waals surface area contributed by atoms with E-state index >= 15 is 0 Å². The Morgan fingerprint density at radius 2 is 2.21 bits per heavy atom. The minimum Gasteiger partial charge on any atom is -0.496 e. The Kier molecular flexibility index (Phi) is 4.26. The zero-order valence-electron chi connectivity index (χ0n) is 16.6. The van der Waals surface area contributed by atoms with Crippen molar-refractivity contribution in [2.24, 2.45) is 5.92 Å². The number of nitrogens with one attached hydrogen (secondary N) is 2. The largest absolute Gasteiger partial charge is 0.496 e. The Labute approximate surface area is 169 Å². The molecule has 0 radical (unpaired) electrons. The van der Waals surface area contributed by atoms with Gasteiger partial charge < -0.3 is 15.0 Å². The molecule has 1 saturated heterocycles. The van der Waals surface area contributed by atoms with E-state index in [0.29, 0.717) is 11.5 Å². The fraction of sp³-hybridized carbons (Fsp3) is 0.304. The first kappa shape index (κ1) is 17.8. The van der Waals surface area contributed by atoms with Crippen LogP contribution < -0.4 is 10.1 Å². The Bertz CT molecular complexity index is 1240. The standard InChI is InChI=1S/C23H23N5O/c1-14-9-20(29-2)21(18-6-8-26-22(14)18)23(16-5-7-25-12-16)28-13-17-4-3-15(11-24)10-19(17)27-28/h3-4,6,8-10,13,16,23,25-26H,5,7,12H2,1-2H3. The van der Waals surface area contributed by atoms with Crippen LogP contribution in [0, 0.1) is 24.2 Å². The minimum atomic E-state index is 0.0387. The van der Waals surface area contributed by atoms with Crippen molar-refractivity contribution in [3.63, 3.8) is 0 Å². The molecule has 29 heavy (non-hydrogen) atoms. The van der Waals surface area contributed by atoms with Crippen LogP contribution >= 0.6 is 0 Å². The van der Waals surface area contributed by atoms with Gasteiger partial charge in [-0.3, -0.25) is 4.68 Å². The number of fused-ring (bicyclic) bond motifs is 2. The molecule has 2 unspecified atom stereocenters. The molecular weight excluding hydrogens is 362 g/mol. The fourth-order valence-corrected chi connectivity index (χ4v) is 4.65. The molecule has 2 aromatic carbocycles. The molecule has 2 aromatic heterocycles. The second-order valence-corrected chi connectivity index (χ2v) is 7.77. The Balaban J connectivity index is 1.76. The van der Waals surface area contributed by atoms with Crippen molar-refractivity contribution in [3.8, 4) is 11.8 Å². The number of aromatic amines is 1. The molecule has 0 aliphatic carbocycles. The summed E-state index contributed by atoms with van der Waals surface area (Å²) in [4.78, 5) is 3.38. The number of hydrogen-bond acceptors (Lipinski definition) is 4. The van der Waals surface area contributed by atoms with Gasteiger partial charge in [-0.1, -0.05) is 0 Å². The summed E-state index contributed by atoms with van der Waals surface area (Å²) < 4.78 is 7.93. The second kappa shape index (κ2) is 6.94. The highest BCUT2D eigenvalue weighted by Crippen LogP contribution is 2.41. The molecule has 6 heteroatoms. The van der Waals surface area contributed by atoms with Gasteiger partial charge in [0.1, 0.15) is 5.75 Å². The predicted octanol–water partition coefficient (Wildman–Crippen LogP) is 3.91. The van der Waals surface area contributed by atoms with E-state index in [4.69, 9.17) is 9.84 Å². The highest BCUT2D eigenvalue weighted by Gasteiger charge is 2.32. The van der Waals surface area contributed by atoms with Gasteiger partial charge in [-0.05, 0) is 61.7 Å². The van der Waals surface area contributed by atoms with Gasteiger partial charge in [0, 0.05) is 40.8 Å². The van der Waals surface area contributed by atoms with Gasteiger partial charge in [0.2, 0.25) is 0 Å². The minimum absolute atomic E-state index is 0.0387. The molecule has 2 N–H and O–H groups in total.